The molecule has 1 fully saturated rings. The molecule has 0 spiro atoms. The maximum Gasteiger partial charge on any atom is 0.168 e. The summed E-state index contributed by atoms with van der Waals surface area (Å²) in [5.74, 6) is 0.807. The van der Waals surface area contributed by atoms with Crippen molar-refractivity contribution in [3.8, 4) is 5.75 Å². The molecule has 2 rings (SSSR count). The van der Waals surface area contributed by atoms with Gasteiger partial charge in [-0.1, -0.05) is 31.4 Å². The molecule has 1 unspecified atom stereocenters. The standard InChI is InChI=1S/C16H24FNO/c1-18-14(12-7-4-3-5-8-12)11-13-9-6-10-15(19-2)16(13)17/h6,9-10,12,14,18H,3-5,7-8,11H2,1-2H3. The van der Waals surface area contributed by atoms with Crippen molar-refractivity contribution in [3.05, 3.63) is 29.6 Å². The zero-order valence-electron chi connectivity index (χ0n) is 11.9. The first-order valence-corrected chi connectivity index (χ1v) is 7.25. The minimum absolute atomic E-state index is 0.207. The molecule has 1 N–H and O–H groups in total. The van der Waals surface area contributed by atoms with E-state index in [1.54, 1.807) is 6.07 Å². The van der Waals surface area contributed by atoms with Crippen LogP contribution < -0.4 is 10.1 Å². The predicted octanol–water partition coefficient (Wildman–Crippen LogP) is 3.55. The molecule has 0 amide bonds. The average Bonchev–Trinajstić information content (AvgIpc) is 2.47. The molecule has 0 heterocycles. The average molecular weight is 265 g/mol. The normalized spacial score (nSPS) is 18.3. The Balaban J connectivity index is 2.09. The summed E-state index contributed by atoms with van der Waals surface area (Å²) in [6.07, 6.45) is 7.23. The van der Waals surface area contributed by atoms with Crippen LogP contribution in [0.15, 0.2) is 18.2 Å². The van der Waals surface area contributed by atoms with Crippen LogP contribution in [0, 0.1) is 11.7 Å². The van der Waals surface area contributed by atoms with Gasteiger partial charge in [-0.2, -0.15) is 0 Å². The van der Waals surface area contributed by atoms with E-state index in [-0.39, 0.29) is 5.82 Å². The second-order valence-corrected chi connectivity index (χ2v) is 5.43. The van der Waals surface area contributed by atoms with Gasteiger partial charge in [0.1, 0.15) is 0 Å². The Morgan fingerprint density at radius 1 is 1.32 bits per heavy atom. The van der Waals surface area contributed by atoms with Crippen molar-refractivity contribution >= 4 is 0 Å². The molecule has 0 aliphatic heterocycles. The highest BCUT2D eigenvalue weighted by atomic mass is 19.1. The number of hydrogen-bond donors (Lipinski definition) is 1. The summed E-state index contributed by atoms with van der Waals surface area (Å²) in [7, 11) is 3.50. The summed E-state index contributed by atoms with van der Waals surface area (Å²) in [5, 5.41) is 3.38. The summed E-state index contributed by atoms with van der Waals surface area (Å²) in [6.45, 7) is 0. The summed E-state index contributed by atoms with van der Waals surface area (Å²) in [6, 6.07) is 5.77. The van der Waals surface area contributed by atoms with Gasteiger partial charge >= 0.3 is 0 Å². The van der Waals surface area contributed by atoms with Crippen LogP contribution in [0.3, 0.4) is 0 Å². The van der Waals surface area contributed by atoms with Crippen LogP contribution in [0.5, 0.6) is 5.75 Å². The highest BCUT2D eigenvalue weighted by molar-refractivity contribution is 5.31. The number of rotatable bonds is 5. The van der Waals surface area contributed by atoms with Gasteiger partial charge in [0.05, 0.1) is 7.11 Å². The van der Waals surface area contributed by atoms with Gasteiger partial charge in [-0.25, -0.2) is 4.39 Å². The Hall–Kier alpha value is -1.09. The first-order chi connectivity index (χ1) is 9.26. The van der Waals surface area contributed by atoms with Gasteiger partial charge in [0.2, 0.25) is 0 Å². The van der Waals surface area contributed by atoms with Crippen molar-refractivity contribution in [1.82, 2.24) is 5.32 Å². The lowest BCUT2D eigenvalue weighted by atomic mass is 9.81. The smallest absolute Gasteiger partial charge is 0.168 e. The SMILES string of the molecule is CNC(Cc1cccc(OC)c1F)C1CCCCC1. The lowest BCUT2D eigenvalue weighted by Crippen LogP contribution is -2.36. The molecular formula is C16H24FNO. The van der Waals surface area contributed by atoms with E-state index in [0.717, 1.165) is 12.0 Å². The Labute approximate surface area is 115 Å². The van der Waals surface area contributed by atoms with E-state index in [2.05, 4.69) is 5.32 Å². The van der Waals surface area contributed by atoms with Crippen molar-refractivity contribution in [2.45, 2.75) is 44.6 Å². The Morgan fingerprint density at radius 2 is 2.05 bits per heavy atom. The quantitative estimate of drug-likeness (QED) is 0.879. The van der Waals surface area contributed by atoms with E-state index in [4.69, 9.17) is 4.74 Å². The first kappa shape index (κ1) is 14.3. The molecule has 1 atom stereocenters. The molecule has 0 radical (unpaired) electrons. The van der Waals surface area contributed by atoms with Crippen molar-refractivity contribution < 1.29 is 9.13 Å². The molecule has 2 nitrogen and oxygen atoms in total. The fourth-order valence-electron chi connectivity index (χ4n) is 3.15. The van der Waals surface area contributed by atoms with Crippen molar-refractivity contribution in [2.75, 3.05) is 14.2 Å². The predicted molar refractivity (Wildman–Crippen MR) is 76.1 cm³/mol. The third kappa shape index (κ3) is 3.47. The van der Waals surface area contributed by atoms with Crippen LogP contribution in [-0.4, -0.2) is 20.2 Å². The number of benzene rings is 1. The van der Waals surface area contributed by atoms with Crippen molar-refractivity contribution in [3.63, 3.8) is 0 Å². The largest absolute Gasteiger partial charge is 0.494 e. The lowest BCUT2D eigenvalue weighted by Gasteiger charge is -2.30. The van der Waals surface area contributed by atoms with Crippen LogP contribution in [0.4, 0.5) is 4.39 Å². The lowest BCUT2D eigenvalue weighted by molar-refractivity contribution is 0.274. The molecule has 106 valence electrons. The third-order valence-electron chi connectivity index (χ3n) is 4.29. The molecule has 1 aromatic rings. The second-order valence-electron chi connectivity index (χ2n) is 5.43. The molecule has 0 bridgehead atoms. The van der Waals surface area contributed by atoms with Crippen LogP contribution in [-0.2, 0) is 6.42 Å². The van der Waals surface area contributed by atoms with Gasteiger partial charge in [-0.3, -0.25) is 0 Å². The van der Waals surface area contributed by atoms with E-state index >= 15 is 0 Å². The molecule has 1 aromatic carbocycles. The molecule has 1 aliphatic carbocycles. The minimum Gasteiger partial charge on any atom is -0.494 e. The molecule has 19 heavy (non-hydrogen) atoms. The van der Waals surface area contributed by atoms with Crippen molar-refractivity contribution in [2.24, 2.45) is 5.92 Å². The fraction of sp³-hybridized carbons (Fsp3) is 0.625. The number of hydrogen-bond acceptors (Lipinski definition) is 2. The highest BCUT2D eigenvalue weighted by Gasteiger charge is 2.23. The van der Waals surface area contributed by atoms with E-state index < -0.39 is 0 Å². The summed E-state index contributed by atoms with van der Waals surface area (Å²) in [5.41, 5.74) is 0.754. The van der Waals surface area contributed by atoms with Crippen LogP contribution in [0.1, 0.15) is 37.7 Å². The second kappa shape index (κ2) is 6.90. The Kier molecular flexibility index (Phi) is 5.20. The monoisotopic (exact) mass is 265 g/mol. The Bertz CT molecular complexity index is 402. The summed E-state index contributed by atoms with van der Waals surface area (Å²) < 4.78 is 19.2. The topological polar surface area (TPSA) is 21.3 Å². The molecule has 3 heteroatoms. The van der Waals surface area contributed by atoms with E-state index in [1.165, 1.54) is 39.2 Å². The van der Waals surface area contributed by atoms with Gasteiger partial charge in [-0.15, -0.1) is 0 Å². The number of halogens is 1. The van der Waals surface area contributed by atoms with Crippen LogP contribution in [0.25, 0.3) is 0 Å². The van der Waals surface area contributed by atoms with Gasteiger partial charge in [-0.05, 0) is 43.9 Å². The van der Waals surface area contributed by atoms with Crippen LogP contribution >= 0.6 is 0 Å². The number of nitrogens with one attached hydrogen (secondary N) is 1. The maximum absolute atomic E-state index is 14.2. The first-order valence-electron chi connectivity index (χ1n) is 7.25. The molecule has 1 saturated carbocycles. The van der Waals surface area contributed by atoms with E-state index in [1.807, 2.05) is 19.2 Å². The van der Waals surface area contributed by atoms with Gasteiger partial charge in [0.25, 0.3) is 0 Å². The maximum atomic E-state index is 14.2. The zero-order chi connectivity index (χ0) is 13.7. The number of ether oxygens (including phenoxy) is 1. The molecular weight excluding hydrogens is 241 g/mol. The summed E-state index contributed by atoms with van der Waals surface area (Å²) in [4.78, 5) is 0. The third-order valence-corrected chi connectivity index (χ3v) is 4.29. The summed E-state index contributed by atoms with van der Waals surface area (Å²) >= 11 is 0. The highest BCUT2D eigenvalue weighted by Crippen LogP contribution is 2.29. The van der Waals surface area contributed by atoms with E-state index in [0.29, 0.717) is 17.7 Å². The van der Waals surface area contributed by atoms with Gasteiger partial charge < -0.3 is 10.1 Å². The molecule has 1 aliphatic rings. The molecule has 0 saturated heterocycles. The number of methoxy groups -OCH3 is 1. The van der Waals surface area contributed by atoms with Crippen molar-refractivity contribution in [1.29, 1.82) is 0 Å². The fourth-order valence-corrected chi connectivity index (χ4v) is 3.15. The van der Waals surface area contributed by atoms with Gasteiger partial charge in [0, 0.05) is 6.04 Å². The minimum atomic E-state index is -0.207. The molecule has 0 aromatic heterocycles. The Morgan fingerprint density at radius 3 is 2.68 bits per heavy atom. The zero-order valence-corrected chi connectivity index (χ0v) is 11.9. The van der Waals surface area contributed by atoms with E-state index in [9.17, 15) is 4.39 Å². The number of likely N-dealkylation sites (N-methyl/N-ethyl adjacent to an activating group) is 1. The van der Waals surface area contributed by atoms with Crippen LogP contribution in [0.2, 0.25) is 0 Å². The van der Waals surface area contributed by atoms with Gasteiger partial charge in [0.15, 0.2) is 11.6 Å².